The number of allylic oxidation sites excluding steroid dienone is 1. The summed E-state index contributed by atoms with van der Waals surface area (Å²) >= 11 is 3.76. The van der Waals surface area contributed by atoms with Gasteiger partial charge in [-0.25, -0.2) is 0 Å². The average Bonchev–Trinajstić information content (AvgIpc) is 3.77. The first-order valence-electron chi connectivity index (χ1n) is 18.4. The Labute approximate surface area is 325 Å². The average molecular weight is 799 g/mol. The van der Waals surface area contributed by atoms with E-state index in [-0.39, 0.29) is 25.3 Å². The van der Waals surface area contributed by atoms with E-state index in [0.29, 0.717) is 23.2 Å². The summed E-state index contributed by atoms with van der Waals surface area (Å²) < 4.78 is 13.2. The first kappa shape index (κ1) is 39.1. The molecule has 2 N–H and O–H groups in total. The maximum absolute atomic E-state index is 15.3. The van der Waals surface area contributed by atoms with Gasteiger partial charge >= 0.3 is 5.97 Å². The van der Waals surface area contributed by atoms with E-state index in [1.54, 1.807) is 36.1 Å². The van der Waals surface area contributed by atoms with E-state index in [4.69, 9.17) is 9.47 Å². The number of aryl methyl sites for hydroxylation is 2. The second kappa shape index (κ2) is 16.4. The number of carbonyl (C=O) groups excluding carboxylic acids is 4. The molecule has 10 nitrogen and oxygen atoms in total. The lowest BCUT2D eigenvalue weighted by Crippen LogP contribution is -2.57. The highest BCUT2D eigenvalue weighted by Gasteiger charge is 2.78. The van der Waals surface area contributed by atoms with Crippen LogP contribution in [0.15, 0.2) is 104 Å². The lowest BCUT2D eigenvalue weighted by Gasteiger charge is -2.39. The Bertz CT molecular complexity index is 1890. The van der Waals surface area contributed by atoms with Gasteiger partial charge in [0.1, 0.15) is 17.7 Å². The maximum atomic E-state index is 15.3. The number of carbonyl (C=O) groups is 4. The van der Waals surface area contributed by atoms with Crippen LogP contribution in [0.3, 0.4) is 0 Å². The van der Waals surface area contributed by atoms with Crippen molar-refractivity contribution in [2.45, 2.75) is 80.8 Å². The SMILES string of the molecule is C=CCCC(=O)N[C@@H](C)[C@H](OC(=O)[C@H]1[C@@H]2O[C@@]3(CC2Br)[C@@H]1C(=O)N([C@H](CO)c1ccccc1)[C@@H]3C(=O)N(CC=C)c1cc(C)ccc1C)c1ccccc1. The van der Waals surface area contributed by atoms with Gasteiger partial charge < -0.3 is 29.7 Å². The molecule has 0 radical (unpaired) electrons. The quantitative estimate of drug-likeness (QED) is 0.109. The van der Waals surface area contributed by atoms with E-state index in [1.165, 1.54) is 4.90 Å². The molecule has 0 aromatic heterocycles. The van der Waals surface area contributed by atoms with Crippen LogP contribution in [0.5, 0.6) is 0 Å². The Morgan fingerprint density at radius 1 is 1.06 bits per heavy atom. The molecule has 2 bridgehead atoms. The number of anilines is 1. The molecule has 3 amide bonds. The molecule has 0 saturated carbocycles. The van der Waals surface area contributed by atoms with Crippen molar-refractivity contribution < 1.29 is 33.8 Å². The maximum Gasteiger partial charge on any atom is 0.313 e. The van der Waals surface area contributed by atoms with Crippen molar-refractivity contribution in [2.75, 3.05) is 18.1 Å². The number of aliphatic hydroxyl groups is 1. The van der Waals surface area contributed by atoms with Gasteiger partial charge in [-0.3, -0.25) is 19.2 Å². The monoisotopic (exact) mass is 797 g/mol. The predicted octanol–water partition coefficient (Wildman–Crippen LogP) is 6.06. The predicted molar refractivity (Wildman–Crippen MR) is 210 cm³/mol. The highest BCUT2D eigenvalue weighted by molar-refractivity contribution is 9.09. The number of halogens is 1. The number of benzene rings is 3. The van der Waals surface area contributed by atoms with Crippen LogP contribution >= 0.6 is 15.9 Å². The van der Waals surface area contributed by atoms with Crippen molar-refractivity contribution in [3.05, 3.63) is 126 Å². The number of fused-ring (bicyclic) bond motifs is 1. The molecule has 0 aliphatic carbocycles. The second-order valence-electron chi connectivity index (χ2n) is 14.5. The Balaban J connectivity index is 1.43. The summed E-state index contributed by atoms with van der Waals surface area (Å²) in [6.45, 7) is 12.9. The van der Waals surface area contributed by atoms with E-state index in [2.05, 4.69) is 34.4 Å². The van der Waals surface area contributed by atoms with E-state index in [1.807, 2.05) is 80.6 Å². The summed E-state index contributed by atoms with van der Waals surface area (Å²) in [6.07, 6.45) is 2.63. The first-order valence-corrected chi connectivity index (χ1v) is 19.3. The van der Waals surface area contributed by atoms with Crippen LogP contribution in [0.2, 0.25) is 0 Å². The summed E-state index contributed by atoms with van der Waals surface area (Å²) in [5.74, 6) is -3.93. The molecule has 3 aliphatic rings. The number of hydrogen-bond acceptors (Lipinski definition) is 7. The summed E-state index contributed by atoms with van der Waals surface area (Å²) in [4.78, 5) is 60.5. The normalized spacial score (nSPS) is 25.7. The van der Waals surface area contributed by atoms with Crippen molar-refractivity contribution in [1.82, 2.24) is 10.2 Å². The molecule has 3 heterocycles. The van der Waals surface area contributed by atoms with Crippen molar-refractivity contribution in [3.63, 3.8) is 0 Å². The zero-order chi connectivity index (χ0) is 38.7. The molecule has 3 aliphatic heterocycles. The summed E-state index contributed by atoms with van der Waals surface area (Å²) in [5.41, 5.74) is 2.35. The molecule has 3 aromatic rings. The molecule has 11 heteroatoms. The van der Waals surface area contributed by atoms with Gasteiger partial charge in [-0.15, -0.1) is 13.2 Å². The summed E-state index contributed by atoms with van der Waals surface area (Å²) in [7, 11) is 0. The number of esters is 1. The van der Waals surface area contributed by atoms with Gasteiger partial charge in [-0.05, 0) is 61.9 Å². The van der Waals surface area contributed by atoms with Crippen LogP contribution < -0.4 is 10.2 Å². The van der Waals surface area contributed by atoms with Crippen LogP contribution in [-0.4, -0.2) is 75.5 Å². The first-order chi connectivity index (χ1) is 26.0. The van der Waals surface area contributed by atoms with Gasteiger partial charge in [-0.2, -0.15) is 0 Å². The number of ether oxygens (including phenoxy) is 2. The molecule has 3 aromatic carbocycles. The molecule has 3 saturated heterocycles. The van der Waals surface area contributed by atoms with E-state index >= 15 is 9.59 Å². The molecular weight excluding hydrogens is 750 g/mol. The van der Waals surface area contributed by atoms with E-state index in [9.17, 15) is 14.7 Å². The molecule has 6 rings (SSSR count). The Morgan fingerprint density at radius 2 is 1.72 bits per heavy atom. The third-order valence-electron chi connectivity index (χ3n) is 10.9. The molecule has 1 spiro atoms. The lowest BCUT2D eigenvalue weighted by atomic mass is 9.70. The van der Waals surface area contributed by atoms with Crippen LogP contribution in [0.4, 0.5) is 5.69 Å². The number of nitrogens with one attached hydrogen (secondary N) is 1. The highest BCUT2D eigenvalue weighted by Crippen LogP contribution is 2.61. The number of hydrogen-bond donors (Lipinski definition) is 2. The molecular formula is C43H48BrN3O7. The Kier molecular flexibility index (Phi) is 11.9. The second-order valence-corrected chi connectivity index (χ2v) is 15.7. The number of aliphatic hydroxyl groups excluding tert-OH is 1. The third-order valence-corrected chi connectivity index (χ3v) is 11.8. The lowest BCUT2D eigenvalue weighted by molar-refractivity contribution is -0.162. The topological polar surface area (TPSA) is 125 Å². The zero-order valence-corrected chi connectivity index (χ0v) is 32.5. The van der Waals surface area contributed by atoms with Crippen LogP contribution in [0.1, 0.15) is 60.6 Å². The van der Waals surface area contributed by atoms with Crippen LogP contribution in [0.25, 0.3) is 0 Å². The van der Waals surface area contributed by atoms with Crippen molar-refractivity contribution >= 4 is 45.3 Å². The van der Waals surface area contributed by atoms with E-state index in [0.717, 1.165) is 11.1 Å². The summed E-state index contributed by atoms with van der Waals surface area (Å²) in [5, 5.41) is 13.9. The molecule has 9 atom stereocenters. The smallest absolute Gasteiger partial charge is 0.313 e. The number of likely N-dealkylation sites (tertiary alicyclic amines) is 1. The fourth-order valence-corrected chi connectivity index (χ4v) is 9.46. The van der Waals surface area contributed by atoms with Crippen LogP contribution in [-0.2, 0) is 28.7 Å². The van der Waals surface area contributed by atoms with Gasteiger partial charge in [0.05, 0.1) is 36.6 Å². The van der Waals surface area contributed by atoms with Gasteiger partial charge in [0.15, 0.2) is 0 Å². The number of rotatable bonds is 15. The van der Waals surface area contributed by atoms with Crippen molar-refractivity contribution in [3.8, 4) is 0 Å². The van der Waals surface area contributed by atoms with E-state index < -0.39 is 77.0 Å². The number of amides is 3. The molecule has 1 unspecified atom stereocenters. The zero-order valence-electron chi connectivity index (χ0n) is 30.9. The Hall–Kier alpha value is -4.58. The summed E-state index contributed by atoms with van der Waals surface area (Å²) in [6, 6.07) is 21.3. The van der Waals surface area contributed by atoms with Gasteiger partial charge in [0.2, 0.25) is 11.8 Å². The largest absolute Gasteiger partial charge is 0.455 e. The van der Waals surface area contributed by atoms with Gasteiger partial charge in [0.25, 0.3) is 5.91 Å². The third kappa shape index (κ3) is 7.17. The van der Waals surface area contributed by atoms with Crippen molar-refractivity contribution in [1.29, 1.82) is 0 Å². The van der Waals surface area contributed by atoms with Crippen LogP contribution in [0, 0.1) is 25.7 Å². The Morgan fingerprint density at radius 3 is 2.35 bits per heavy atom. The highest BCUT2D eigenvalue weighted by atomic mass is 79.9. The minimum atomic E-state index is -1.43. The van der Waals surface area contributed by atoms with Crippen molar-refractivity contribution in [2.24, 2.45) is 11.8 Å². The molecule has 284 valence electrons. The fraction of sp³-hybridized carbons (Fsp3) is 0.395. The van der Waals surface area contributed by atoms with Gasteiger partial charge in [-0.1, -0.05) is 101 Å². The number of alkyl halides is 1. The standard InChI is InChI=1S/C43H48BrN3O7/c1-6-8-19-34(49)45-28(5)37(30-17-13-10-14-18-30)53-42(52)35-36-40(50)47(33(25-48)29-15-11-9-12-16-29)39(43(36)24-31(44)38(35)54-43)41(51)46(22-7-2)32-23-26(3)20-21-27(32)4/h6-7,9-18,20-21,23,28,31,33,35-39,48H,1-2,8,19,22,24-25H2,3-5H3,(H,45,49)/t28-,31?,33+,35+,36-,37-,38+,39+,43-/m0/s1. The molecule has 54 heavy (non-hydrogen) atoms. The number of nitrogens with zero attached hydrogens (tertiary/aromatic N) is 2. The van der Waals surface area contributed by atoms with Gasteiger partial charge in [0, 0.05) is 23.5 Å². The minimum Gasteiger partial charge on any atom is -0.455 e. The molecule has 3 fully saturated rings. The minimum absolute atomic E-state index is 0.152. The fourth-order valence-electron chi connectivity index (χ4n) is 8.52.